The van der Waals surface area contributed by atoms with Gasteiger partial charge in [0, 0.05) is 5.92 Å². The Labute approximate surface area is 180 Å². The van der Waals surface area contributed by atoms with Crippen molar-refractivity contribution >= 4 is 11.9 Å². The van der Waals surface area contributed by atoms with Gasteiger partial charge >= 0.3 is 5.97 Å². The molecule has 0 radical (unpaired) electrons. The molecule has 2 atom stereocenters. The summed E-state index contributed by atoms with van der Waals surface area (Å²) in [4.78, 5) is 26.0. The molecule has 0 heterocycles. The Kier molecular flexibility index (Phi) is 8.30. The maximum Gasteiger partial charge on any atom is 0.328 e. The summed E-state index contributed by atoms with van der Waals surface area (Å²) in [7, 11) is 1.40. The van der Waals surface area contributed by atoms with Crippen LogP contribution in [0.25, 0.3) is 0 Å². The Morgan fingerprint density at radius 3 is 2.10 bits per heavy atom. The van der Waals surface area contributed by atoms with Crippen molar-refractivity contribution in [2.45, 2.75) is 76.7 Å². The number of nitrogens with one attached hydrogen (secondary N) is 1. The topological polar surface area (TPSA) is 79.2 Å². The van der Waals surface area contributed by atoms with E-state index in [1.165, 1.54) is 20.0 Å². The SMILES string of the molecule is COC(=O)[C@@H](NC(=O)[C@H](Cc1ccc(C#N)cc1)C1CCCCC1)C1CCCCC1. The predicted molar refractivity (Wildman–Crippen MR) is 115 cm³/mol. The standard InChI is InChI=1S/C25H34N2O3/c1-30-25(29)23(21-10-6-3-7-11-21)27-24(28)22(20-8-4-2-5-9-20)16-18-12-14-19(17-26)15-13-18/h12-15,20-23H,2-11,16H2,1H3,(H,27,28)/t22-,23+/m1/s1. The number of carbonyl (C=O) groups is 2. The van der Waals surface area contributed by atoms with E-state index in [2.05, 4.69) is 11.4 Å². The molecule has 5 heteroatoms. The Morgan fingerprint density at radius 1 is 1.00 bits per heavy atom. The first-order valence-electron chi connectivity index (χ1n) is 11.5. The number of carbonyl (C=O) groups excluding carboxylic acids is 2. The first kappa shape index (κ1) is 22.3. The van der Waals surface area contributed by atoms with Gasteiger partial charge in [0.15, 0.2) is 0 Å². The molecule has 0 bridgehead atoms. The summed E-state index contributed by atoms with van der Waals surface area (Å²) in [5.41, 5.74) is 1.69. The molecule has 1 aromatic carbocycles. The number of hydrogen-bond donors (Lipinski definition) is 1. The zero-order valence-electron chi connectivity index (χ0n) is 18.1. The lowest BCUT2D eigenvalue weighted by Crippen LogP contribution is -2.50. The van der Waals surface area contributed by atoms with E-state index in [0.29, 0.717) is 17.9 Å². The Hall–Kier alpha value is -2.35. The molecular weight excluding hydrogens is 376 g/mol. The maximum atomic E-state index is 13.5. The van der Waals surface area contributed by atoms with E-state index in [9.17, 15) is 9.59 Å². The van der Waals surface area contributed by atoms with Crippen molar-refractivity contribution in [3.63, 3.8) is 0 Å². The van der Waals surface area contributed by atoms with Gasteiger partial charge in [0.05, 0.1) is 18.7 Å². The van der Waals surface area contributed by atoms with Crippen molar-refractivity contribution in [2.24, 2.45) is 17.8 Å². The molecule has 2 aliphatic rings. The van der Waals surface area contributed by atoms with Gasteiger partial charge in [0.1, 0.15) is 6.04 Å². The molecule has 2 aliphatic carbocycles. The van der Waals surface area contributed by atoms with Crippen molar-refractivity contribution in [3.05, 3.63) is 35.4 Å². The number of amides is 1. The van der Waals surface area contributed by atoms with E-state index in [1.807, 2.05) is 24.3 Å². The average molecular weight is 411 g/mol. The van der Waals surface area contributed by atoms with Crippen molar-refractivity contribution in [1.82, 2.24) is 5.32 Å². The number of rotatable bonds is 7. The smallest absolute Gasteiger partial charge is 0.328 e. The second-order valence-electron chi connectivity index (χ2n) is 8.92. The summed E-state index contributed by atoms with van der Waals surface area (Å²) < 4.78 is 5.05. The summed E-state index contributed by atoms with van der Waals surface area (Å²) in [5, 5.41) is 12.2. The van der Waals surface area contributed by atoms with Crippen LogP contribution in [0.1, 0.15) is 75.3 Å². The van der Waals surface area contributed by atoms with Crippen LogP contribution >= 0.6 is 0 Å². The number of methoxy groups -OCH3 is 1. The zero-order chi connectivity index (χ0) is 21.3. The van der Waals surface area contributed by atoms with Gasteiger partial charge in [0.2, 0.25) is 5.91 Å². The first-order chi connectivity index (χ1) is 14.6. The van der Waals surface area contributed by atoms with Gasteiger partial charge in [-0.1, -0.05) is 50.7 Å². The average Bonchev–Trinajstić information content (AvgIpc) is 2.81. The van der Waals surface area contributed by atoms with Crippen molar-refractivity contribution in [3.8, 4) is 6.07 Å². The third-order valence-electron chi connectivity index (χ3n) is 6.97. The van der Waals surface area contributed by atoms with Crippen molar-refractivity contribution in [1.29, 1.82) is 5.26 Å². The maximum absolute atomic E-state index is 13.5. The molecule has 1 N–H and O–H groups in total. The van der Waals surface area contributed by atoms with Crippen molar-refractivity contribution < 1.29 is 14.3 Å². The molecule has 162 valence electrons. The van der Waals surface area contributed by atoms with E-state index in [0.717, 1.165) is 56.9 Å². The summed E-state index contributed by atoms with van der Waals surface area (Å²) in [6.45, 7) is 0. The van der Waals surface area contributed by atoms with Crippen LogP contribution < -0.4 is 5.32 Å². The van der Waals surface area contributed by atoms with Gasteiger partial charge in [-0.3, -0.25) is 4.79 Å². The van der Waals surface area contributed by atoms with E-state index >= 15 is 0 Å². The first-order valence-corrected chi connectivity index (χ1v) is 11.5. The number of nitrogens with zero attached hydrogens (tertiary/aromatic N) is 1. The van der Waals surface area contributed by atoms with Gasteiger partial charge < -0.3 is 10.1 Å². The quantitative estimate of drug-likeness (QED) is 0.670. The number of hydrogen-bond acceptors (Lipinski definition) is 4. The summed E-state index contributed by atoms with van der Waals surface area (Å²) in [5.74, 6) is -0.00616. The normalized spacial score (nSPS) is 20.0. The number of ether oxygens (including phenoxy) is 1. The molecular formula is C25H34N2O3. The monoisotopic (exact) mass is 410 g/mol. The number of esters is 1. The highest BCUT2D eigenvalue weighted by Gasteiger charge is 2.36. The lowest BCUT2D eigenvalue weighted by atomic mass is 9.76. The molecule has 0 aliphatic heterocycles. The lowest BCUT2D eigenvalue weighted by Gasteiger charge is -2.33. The molecule has 0 aromatic heterocycles. The molecule has 5 nitrogen and oxygen atoms in total. The largest absolute Gasteiger partial charge is 0.467 e. The summed E-state index contributed by atoms with van der Waals surface area (Å²) in [6.07, 6.45) is 11.6. The van der Waals surface area contributed by atoms with Gasteiger partial charge in [-0.2, -0.15) is 5.26 Å². The van der Waals surface area contributed by atoms with Crippen molar-refractivity contribution in [2.75, 3.05) is 7.11 Å². The third kappa shape index (κ3) is 5.84. The van der Waals surface area contributed by atoms with Crippen LogP contribution in [0.5, 0.6) is 0 Å². The summed E-state index contributed by atoms with van der Waals surface area (Å²) in [6, 6.07) is 9.11. The van der Waals surface area contributed by atoms with Gasteiger partial charge in [-0.05, 0) is 61.6 Å². The van der Waals surface area contributed by atoms with E-state index in [-0.39, 0.29) is 23.7 Å². The predicted octanol–water partition coefficient (Wildman–Crippen LogP) is 4.54. The van der Waals surface area contributed by atoms with Crippen LogP contribution in [0.3, 0.4) is 0 Å². The van der Waals surface area contributed by atoms with Gasteiger partial charge in [0.25, 0.3) is 0 Å². The number of nitriles is 1. The van der Waals surface area contributed by atoms with E-state index in [4.69, 9.17) is 10.00 Å². The fourth-order valence-corrected chi connectivity index (χ4v) is 5.20. The fourth-order valence-electron chi connectivity index (χ4n) is 5.20. The second kappa shape index (κ2) is 11.2. The van der Waals surface area contributed by atoms with Crippen LogP contribution in [0, 0.1) is 29.1 Å². The molecule has 1 aromatic rings. The Bertz CT molecular complexity index is 741. The second-order valence-corrected chi connectivity index (χ2v) is 8.92. The molecule has 0 spiro atoms. The van der Waals surface area contributed by atoms with Crippen LogP contribution in [0.2, 0.25) is 0 Å². The third-order valence-corrected chi connectivity index (χ3v) is 6.97. The molecule has 30 heavy (non-hydrogen) atoms. The van der Waals surface area contributed by atoms with Crippen LogP contribution in [0.15, 0.2) is 24.3 Å². The zero-order valence-corrected chi connectivity index (χ0v) is 18.1. The van der Waals surface area contributed by atoms with E-state index in [1.54, 1.807) is 0 Å². The minimum atomic E-state index is -0.546. The molecule has 1 amide bonds. The molecule has 3 rings (SSSR count). The minimum Gasteiger partial charge on any atom is -0.467 e. The number of benzene rings is 1. The van der Waals surface area contributed by atoms with E-state index < -0.39 is 6.04 Å². The Balaban J connectivity index is 1.76. The molecule has 0 unspecified atom stereocenters. The van der Waals surface area contributed by atoms with Gasteiger partial charge in [-0.15, -0.1) is 0 Å². The molecule has 2 saturated carbocycles. The van der Waals surface area contributed by atoms with Crippen LogP contribution in [0.4, 0.5) is 0 Å². The van der Waals surface area contributed by atoms with Crippen LogP contribution in [-0.2, 0) is 20.7 Å². The molecule has 2 fully saturated rings. The lowest BCUT2D eigenvalue weighted by molar-refractivity contribution is -0.148. The fraction of sp³-hybridized carbons (Fsp3) is 0.640. The highest BCUT2D eigenvalue weighted by Crippen LogP contribution is 2.33. The highest BCUT2D eigenvalue weighted by molar-refractivity contribution is 5.86. The molecule has 0 saturated heterocycles. The highest BCUT2D eigenvalue weighted by atomic mass is 16.5. The minimum absolute atomic E-state index is 0.0211. The van der Waals surface area contributed by atoms with Crippen LogP contribution in [-0.4, -0.2) is 25.0 Å². The van der Waals surface area contributed by atoms with Gasteiger partial charge in [-0.25, -0.2) is 4.79 Å². The summed E-state index contributed by atoms with van der Waals surface area (Å²) >= 11 is 0. The Morgan fingerprint density at radius 2 is 1.57 bits per heavy atom.